The Bertz CT molecular complexity index is 266. The quantitative estimate of drug-likeness (QED) is 0.698. The minimum absolute atomic E-state index is 0.0236. The van der Waals surface area contributed by atoms with E-state index in [1.165, 1.54) is 5.56 Å². The SMILES string of the molecule is Cc1cnn(CCC2OCCO2)c1. The Balaban J connectivity index is 1.78. The van der Waals surface area contributed by atoms with E-state index in [1.54, 1.807) is 0 Å². The standard InChI is InChI=1S/C9H14N2O2/c1-8-6-10-11(7-8)3-2-9-12-4-5-13-9/h6-7,9H,2-5H2,1H3. The van der Waals surface area contributed by atoms with Gasteiger partial charge in [-0.3, -0.25) is 4.68 Å². The molecule has 4 heteroatoms. The molecule has 1 aliphatic rings. The minimum Gasteiger partial charge on any atom is -0.350 e. The van der Waals surface area contributed by atoms with Gasteiger partial charge in [-0.1, -0.05) is 0 Å². The minimum atomic E-state index is -0.0236. The topological polar surface area (TPSA) is 36.3 Å². The second-order valence-electron chi connectivity index (χ2n) is 3.24. The number of nitrogens with zero attached hydrogens (tertiary/aromatic N) is 2. The molecule has 0 saturated carbocycles. The lowest BCUT2D eigenvalue weighted by Gasteiger charge is -2.07. The van der Waals surface area contributed by atoms with E-state index < -0.39 is 0 Å². The smallest absolute Gasteiger partial charge is 0.159 e. The molecule has 0 amide bonds. The molecule has 0 bridgehead atoms. The van der Waals surface area contributed by atoms with Crippen LogP contribution in [0.5, 0.6) is 0 Å². The van der Waals surface area contributed by atoms with Crippen LogP contribution in [0.15, 0.2) is 12.4 Å². The van der Waals surface area contributed by atoms with Gasteiger partial charge < -0.3 is 9.47 Å². The molecule has 0 radical (unpaired) electrons. The number of rotatable bonds is 3. The largest absolute Gasteiger partial charge is 0.350 e. The van der Waals surface area contributed by atoms with Crippen LogP contribution < -0.4 is 0 Å². The van der Waals surface area contributed by atoms with Gasteiger partial charge in [-0.25, -0.2) is 0 Å². The third-order valence-corrected chi connectivity index (χ3v) is 2.05. The highest BCUT2D eigenvalue weighted by Gasteiger charge is 2.15. The summed E-state index contributed by atoms with van der Waals surface area (Å²) in [4.78, 5) is 0. The lowest BCUT2D eigenvalue weighted by molar-refractivity contribution is -0.0495. The summed E-state index contributed by atoms with van der Waals surface area (Å²) in [5.74, 6) is 0. The monoisotopic (exact) mass is 182 g/mol. The predicted molar refractivity (Wildman–Crippen MR) is 47.3 cm³/mol. The highest BCUT2D eigenvalue weighted by atomic mass is 16.7. The number of ether oxygens (including phenoxy) is 2. The molecular weight excluding hydrogens is 168 g/mol. The molecule has 0 unspecified atom stereocenters. The van der Waals surface area contributed by atoms with Crippen molar-refractivity contribution in [3.05, 3.63) is 18.0 Å². The Morgan fingerprint density at radius 2 is 2.31 bits per heavy atom. The molecule has 0 spiro atoms. The molecule has 13 heavy (non-hydrogen) atoms. The van der Waals surface area contributed by atoms with Crippen LogP contribution >= 0.6 is 0 Å². The molecule has 4 nitrogen and oxygen atoms in total. The van der Waals surface area contributed by atoms with E-state index in [0.29, 0.717) is 0 Å². The van der Waals surface area contributed by atoms with Crippen molar-refractivity contribution in [1.82, 2.24) is 9.78 Å². The number of aryl methyl sites for hydroxylation is 2. The lowest BCUT2D eigenvalue weighted by atomic mass is 10.4. The molecule has 1 saturated heterocycles. The molecule has 2 rings (SSSR count). The predicted octanol–water partition coefficient (Wildman–Crippen LogP) is 0.955. The van der Waals surface area contributed by atoms with E-state index in [9.17, 15) is 0 Å². The van der Waals surface area contributed by atoms with Crippen LogP contribution in [0.2, 0.25) is 0 Å². The second-order valence-corrected chi connectivity index (χ2v) is 3.24. The maximum atomic E-state index is 5.32. The summed E-state index contributed by atoms with van der Waals surface area (Å²) < 4.78 is 12.6. The Morgan fingerprint density at radius 1 is 1.54 bits per heavy atom. The summed E-state index contributed by atoms with van der Waals surface area (Å²) in [5.41, 5.74) is 1.19. The summed E-state index contributed by atoms with van der Waals surface area (Å²) >= 11 is 0. The van der Waals surface area contributed by atoms with Crippen molar-refractivity contribution in [1.29, 1.82) is 0 Å². The summed E-state index contributed by atoms with van der Waals surface area (Å²) in [5, 5.41) is 4.18. The maximum absolute atomic E-state index is 5.32. The van der Waals surface area contributed by atoms with E-state index in [1.807, 2.05) is 24.0 Å². The van der Waals surface area contributed by atoms with Gasteiger partial charge in [-0.05, 0) is 12.5 Å². The molecule has 0 atom stereocenters. The first-order chi connectivity index (χ1) is 6.34. The average molecular weight is 182 g/mol. The summed E-state index contributed by atoms with van der Waals surface area (Å²) in [7, 11) is 0. The number of hydrogen-bond acceptors (Lipinski definition) is 3. The van der Waals surface area contributed by atoms with Crippen LogP contribution in [0.3, 0.4) is 0 Å². The first-order valence-corrected chi connectivity index (χ1v) is 4.57. The third kappa shape index (κ3) is 2.29. The average Bonchev–Trinajstić information content (AvgIpc) is 2.71. The summed E-state index contributed by atoms with van der Waals surface area (Å²) in [6.07, 6.45) is 4.73. The van der Waals surface area contributed by atoms with Crippen LogP contribution in [-0.2, 0) is 16.0 Å². The van der Waals surface area contributed by atoms with Crippen LogP contribution in [-0.4, -0.2) is 29.3 Å². The van der Waals surface area contributed by atoms with Gasteiger partial charge >= 0.3 is 0 Å². The van der Waals surface area contributed by atoms with Crippen LogP contribution in [0.4, 0.5) is 0 Å². The first kappa shape index (κ1) is 8.72. The van der Waals surface area contributed by atoms with E-state index >= 15 is 0 Å². The van der Waals surface area contributed by atoms with Gasteiger partial charge in [0.05, 0.1) is 19.4 Å². The highest BCUT2D eigenvalue weighted by molar-refractivity contribution is 4.99. The van der Waals surface area contributed by atoms with Crippen molar-refractivity contribution in [3.63, 3.8) is 0 Å². The number of hydrogen-bond donors (Lipinski definition) is 0. The zero-order valence-corrected chi connectivity index (χ0v) is 7.77. The van der Waals surface area contributed by atoms with Crippen molar-refractivity contribution >= 4 is 0 Å². The molecule has 1 fully saturated rings. The lowest BCUT2D eigenvalue weighted by Crippen LogP contribution is -2.12. The highest BCUT2D eigenvalue weighted by Crippen LogP contribution is 2.08. The van der Waals surface area contributed by atoms with Crippen molar-refractivity contribution in [2.24, 2.45) is 0 Å². The molecule has 1 aromatic rings. The van der Waals surface area contributed by atoms with Crippen LogP contribution in [0.1, 0.15) is 12.0 Å². The van der Waals surface area contributed by atoms with Gasteiger partial charge in [0.1, 0.15) is 0 Å². The molecule has 72 valence electrons. The van der Waals surface area contributed by atoms with Crippen molar-refractivity contribution < 1.29 is 9.47 Å². The normalized spacial score (nSPS) is 18.2. The van der Waals surface area contributed by atoms with Gasteiger partial charge in [0.15, 0.2) is 6.29 Å². The fourth-order valence-electron chi connectivity index (χ4n) is 1.40. The van der Waals surface area contributed by atoms with Crippen molar-refractivity contribution in [2.75, 3.05) is 13.2 Å². The fourth-order valence-corrected chi connectivity index (χ4v) is 1.40. The van der Waals surface area contributed by atoms with Crippen LogP contribution in [0.25, 0.3) is 0 Å². The van der Waals surface area contributed by atoms with Crippen molar-refractivity contribution in [3.8, 4) is 0 Å². The molecule has 2 heterocycles. The van der Waals surface area contributed by atoms with E-state index in [-0.39, 0.29) is 6.29 Å². The fraction of sp³-hybridized carbons (Fsp3) is 0.667. The van der Waals surface area contributed by atoms with Gasteiger partial charge in [0.25, 0.3) is 0 Å². The van der Waals surface area contributed by atoms with Gasteiger partial charge in [0.2, 0.25) is 0 Å². The van der Waals surface area contributed by atoms with E-state index in [0.717, 1.165) is 26.2 Å². The summed E-state index contributed by atoms with van der Waals surface area (Å²) in [6.45, 7) is 4.34. The maximum Gasteiger partial charge on any atom is 0.159 e. The summed E-state index contributed by atoms with van der Waals surface area (Å²) in [6, 6.07) is 0. The Hall–Kier alpha value is -0.870. The molecular formula is C9H14N2O2. The molecule has 0 N–H and O–H groups in total. The Kier molecular flexibility index (Phi) is 2.61. The van der Waals surface area contributed by atoms with Crippen molar-refractivity contribution in [2.45, 2.75) is 26.2 Å². The first-order valence-electron chi connectivity index (χ1n) is 4.57. The second kappa shape index (κ2) is 3.89. The van der Waals surface area contributed by atoms with Gasteiger partial charge in [-0.15, -0.1) is 0 Å². The number of aromatic nitrogens is 2. The van der Waals surface area contributed by atoms with Gasteiger partial charge in [-0.2, -0.15) is 5.10 Å². The Labute approximate surface area is 77.4 Å². The van der Waals surface area contributed by atoms with Gasteiger partial charge in [0, 0.05) is 19.2 Å². The molecule has 1 aromatic heterocycles. The van der Waals surface area contributed by atoms with Crippen LogP contribution in [0, 0.1) is 6.92 Å². The Morgan fingerprint density at radius 3 is 2.92 bits per heavy atom. The zero-order chi connectivity index (χ0) is 9.10. The van der Waals surface area contributed by atoms with E-state index in [2.05, 4.69) is 5.10 Å². The zero-order valence-electron chi connectivity index (χ0n) is 7.77. The molecule has 1 aliphatic heterocycles. The van der Waals surface area contributed by atoms with E-state index in [4.69, 9.17) is 9.47 Å². The molecule has 0 aliphatic carbocycles. The molecule has 0 aromatic carbocycles. The third-order valence-electron chi connectivity index (χ3n) is 2.05.